The second-order valence-corrected chi connectivity index (χ2v) is 10.7. The minimum Gasteiger partial charge on any atom is -0.129 e. The van der Waals surface area contributed by atoms with Crippen LogP contribution in [0.2, 0.25) is 0 Å². The summed E-state index contributed by atoms with van der Waals surface area (Å²) >= 11 is 4.13. The van der Waals surface area contributed by atoms with E-state index in [2.05, 4.69) is 48.7 Å². The summed E-state index contributed by atoms with van der Waals surface area (Å²) in [5.41, 5.74) is 0. The van der Waals surface area contributed by atoms with E-state index in [9.17, 15) is 0 Å². The van der Waals surface area contributed by atoms with Gasteiger partial charge in [-0.15, -0.1) is 22.7 Å². The van der Waals surface area contributed by atoms with Crippen LogP contribution >= 0.6 is 22.7 Å². The van der Waals surface area contributed by atoms with Crippen molar-refractivity contribution in [3.63, 3.8) is 0 Å². The predicted molar refractivity (Wildman–Crippen MR) is 116 cm³/mol. The Morgan fingerprint density at radius 3 is 1.96 bits per heavy atom. The Bertz CT molecular complexity index is 582. The lowest BCUT2D eigenvalue weighted by molar-refractivity contribution is 0.250. The Hall–Kier alpha value is -0.340. The molecule has 1 aliphatic carbocycles. The van der Waals surface area contributed by atoms with Crippen LogP contribution < -0.4 is 0 Å². The van der Waals surface area contributed by atoms with Crippen molar-refractivity contribution < 1.29 is 0 Å². The minimum absolute atomic E-state index is 1.00. The molecule has 0 aromatic carbocycles. The molecule has 1 aliphatic rings. The Morgan fingerprint density at radius 2 is 1.36 bits per heavy atom. The van der Waals surface area contributed by atoms with Crippen molar-refractivity contribution in [2.24, 2.45) is 11.8 Å². The number of hydrogen-bond acceptors (Lipinski definition) is 2. The summed E-state index contributed by atoms with van der Waals surface area (Å²) < 4.78 is 1.57. The first kappa shape index (κ1) is 19.4. The molecule has 0 N–H and O–H groups in total. The highest BCUT2D eigenvalue weighted by atomic mass is 32.2. The van der Waals surface area contributed by atoms with E-state index >= 15 is 0 Å². The van der Waals surface area contributed by atoms with Gasteiger partial charge < -0.3 is 0 Å². The van der Waals surface area contributed by atoms with E-state index in [1.54, 1.807) is 13.8 Å². The highest BCUT2D eigenvalue weighted by Crippen LogP contribution is 2.37. The Kier molecular flexibility index (Phi) is 7.86. The SMILES string of the molecule is CCCCCc1cc2cc(CCC3CCC(CCCC)CC3)sc2s1. The van der Waals surface area contributed by atoms with Gasteiger partial charge in [0.2, 0.25) is 0 Å². The summed E-state index contributed by atoms with van der Waals surface area (Å²) in [6.45, 7) is 4.61. The van der Waals surface area contributed by atoms with Crippen LogP contribution in [0.4, 0.5) is 0 Å². The molecule has 3 rings (SSSR count). The van der Waals surface area contributed by atoms with E-state index in [4.69, 9.17) is 0 Å². The monoisotopic (exact) mass is 376 g/mol. The van der Waals surface area contributed by atoms with Crippen LogP contribution in [0.15, 0.2) is 12.1 Å². The lowest BCUT2D eigenvalue weighted by Crippen LogP contribution is -2.15. The van der Waals surface area contributed by atoms with Crippen molar-refractivity contribution in [2.45, 2.75) is 97.3 Å². The molecule has 1 saturated carbocycles. The zero-order valence-corrected chi connectivity index (χ0v) is 18.0. The fourth-order valence-corrected chi connectivity index (χ4v) is 6.98. The number of aryl methyl sites for hydroxylation is 2. The second kappa shape index (κ2) is 10.1. The van der Waals surface area contributed by atoms with Gasteiger partial charge in [0.1, 0.15) is 0 Å². The molecular weight excluding hydrogens is 340 g/mol. The summed E-state index contributed by atoms with van der Waals surface area (Å²) in [6, 6.07) is 4.96. The zero-order valence-electron chi connectivity index (χ0n) is 16.3. The standard InChI is InChI=1S/C23H36S2/c1-3-5-7-9-21-16-20-17-22(25-23(20)24-21)15-14-19-12-10-18(11-13-19)8-6-4-2/h16-19H,3-15H2,1-2H3. The van der Waals surface area contributed by atoms with E-state index in [-0.39, 0.29) is 0 Å². The molecule has 2 aromatic heterocycles. The summed E-state index contributed by atoms with van der Waals surface area (Å²) in [6.07, 6.45) is 18.4. The molecule has 0 saturated heterocycles. The number of fused-ring (bicyclic) bond motifs is 1. The van der Waals surface area contributed by atoms with Crippen molar-refractivity contribution in [2.75, 3.05) is 0 Å². The molecule has 2 heteroatoms. The van der Waals surface area contributed by atoms with Crippen LogP contribution in [0.5, 0.6) is 0 Å². The quantitative estimate of drug-likeness (QED) is 0.364. The minimum atomic E-state index is 1.00. The van der Waals surface area contributed by atoms with Gasteiger partial charge in [-0.3, -0.25) is 0 Å². The van der Waals surface area contributed by atoms with E-state index in [0.29, 0.717) is 0 Å². The smallest absolute Gasteiger partial charge is 0.0870 e. The highest BCUT2D eigenvalue weighted by molar-refractivity contribution is 7.38. The lowest BCUT2D eigenvalue weighted by atomic mass is 9.78. The van der Waals surface area contributed by atoms with Crippen molar-refractivity contribution >= 4 is 32.1 Å². The molecule has 1 fully saturated rings. The third kappa shape index (κ3) is 5.82. The molecule has 0 bridgehead atoms. The first-order chi connectivity index (χ1) is 12.3. The average molecular weight is 377 g/mol. The van der Waals surface area contributed by atoms with Crippen LogP contribution in [-0.4, -0.2) is 0 Å². The van der Waals surface area contributed by atoms with Gasteiger partial charge in [-0.2, -0.15) is 0 Å². The number of unbranched alkanes of at least 4 members (excludes halogenated alkanes) is 3. The molecule has 2 heterocycles. The van der Waals surface area contributed by atoms with E-state index in [0.717, 1.165) is 11.8 Å². The van der Waals surface area contributed by atoms with E-state index < -0.39 is 0 Å². The fraction of sp³-hybridized carbons (Fsp3) is 0.739. The first-order valence-corrected chi connectivity index (χ1v) is 12.4. The van der Waals surface area contributed by atoms with Crippen LogP contribution in [0.3, 0.4) is 0 Å². The normalized spacial score (nSPS) is 21.2. The molecule has 0 spiro atoms. The summed E-state index contributed by atoms with van der Waals surface area (Å²) in [5.74, 6) is 2.05. The van der Waals surface area contributed by atoms with E-state index in [1.807, 2.05) is 0 Å². The molecule has 0 nitrogen and oxygen atoms in total. The Morgan fingerprint density at radius 1 is 0.760 bits per heavy atom. The fourth-order valence-electron chi connectivity index (χ4n) is 4.39. The lowest BCUT2D eigenvalue weighted by Gasteiger charge is -2.28. The maximum Gasteiger partial charge on any atom is 0.0870 e. The van der Waals surface area contributed by atoms with Crippen molar-refractivity contribution in [1.82, 2.24) is 0 Å². The van der Waals surface area contributed by atoms with Crippen molar-refractivity contribution in [3.8, 4) is 0 Å². The van der Waals surface area contributed by atoms with Gasteiger partial charge >= 0.3 is 0 Å². The summed E-state index contributed by atoms with van der Waals surface area (Å²) in [5, 5.41) is 1.53. The van der Waals surface area contributed by atoms with Gasteiger partial charge in [0.05, 0.1) is 4.01 Å². The molecule has 140 valence electrons. The summed E-state index contributed by atoms with van der Waals surface area (Å²) in [4.78, 5) is 3.24. The number of rotatable bonds is 10. The molecule has 25 heavy (non-hydrogen) atoms. The second-order valence-electron chi connectivity index (χ2n) is 8.19. The van der Waals surface area contributed by atoms with Crippen LogP contribution in [0.1, 0.15) is 94.2 Å². The highest BCUT2D eigenvalue weighted by Gasteiger charge is 2.20. The van der Waals surface area contributed by atoms with Crippen LogP contribution in [-0.2, 0) is 12.8 Å². The number of hydrogen-bond donors (Lipinski definition) is 0. The Balaban J connectivity index is 1.42. The molecular formula is C23H36S2. The molecule has 0 atom stereocenters. The van der Waals surface area contributed by atoms with Crippen molar-refractivity contribution in [3.05, 3.63) is 21.9 Å². The first-order valence-electron chi connectivity index (χ1n) is 10.8. The zero-order chi connectivity index (χ0) is 17.5. The van der Waals surface area contributed by atoms with Gasteiger partial charge in [-0.1, -0.05) is 71.6 Å². The molecule has 0 aliphatic heterocycles. The largest absolute Gasteiger partial charge is 0.129 e. The molecule has 0 amide bonds. The third-order valence-electron chi connectivity index (χ3n) is 6.07. The molecule has 0 unspecified atom stereocenters. The Labute approximate surface area is 163 Å². The van der Waals surface area contributed by atoms with Crippen LogP contribution in [0, 0.1) is 11.8 Å². The van der Waals surface area contributed by atoms with Gasteiger partial charge in [0, 0.05) is 15.1 Å². The van der Waals surface area contributed by atoms with Gasteiger partial charge in [-0.25, -0.2) is 0 Å². The number of thiophene rings is 2. The average Bonchev–Trinajstić information content (AvgIpc) is 3.17. The molecule has 2 aromatic rings. The maximum absolute atomic E-state index is 2.49. The third-order valence-corrected chi connectivity index (χ3v) is 8.58. The van der Waals surface area contributed by atoms with Gasteiger partial charge in [-0.05, 0) is 49.7 Å². The van der Waals surface area contributed by atoms with Gasteiger partial charge in [0.15, 0.2) is 0 Å². The van der Waals surface area contributed by atoms with Crippen LogP contribution in [0.25, 0.3) is 9.40 Å². The van der Waals surface area contributed by atoms with Crippen molar-refractivity contribution in [1.29, 1.82) is 0 Å². The maximum atomic E-state index is 2.49. The molecule has 0 radical (unpaired) electrons. The topological polar surface area (TPSA) is 0 Å². The summed E-state index contributed by atoms with van der Waals surface area (Å²) in [7, 11) is 0. The van der Waals surface area contributed by atoms with E-state index in [1.165, 1.54) is 88.9 Å². The predicted octanol–water partition coefficient (Wildman–Crippen LogP) is 8.62. The van der Waals surface area contributed by atoms with Gasteiger partial charge in [0.25, 0.3) is 0 Å².